The fourth-order valence-electron chi connectivity index (χ4n) is 1.01. The molecule has 2 aromatic heterocycles. The van der Waals surface area contributed by atoms with Gasteiger partial charge < -0.3 is 5.73 Å². The van der Waals surface area contributed by atoms with Gasteiger partial charge in [-0.3, -0.25) is 5.10 Å². The smallest absolute Gasteiger partial charge is 0.239 e. The molecule has 72 valence electrons. The van der Waals surface area contributed by atoms with Crippen molar-refractivity contribution >= 4 is 5.95 Å². The van der Waals surface area contributed by atoms with Crippen LogP contribution in [0.1, 0.15) is 0 Å². The van der Waals surface area contributed by atoms with Gasteiger partial charge in [0, 0.05) is 17.7 Å². The zero-order chi connectivity index (χ0) is 10.1. The first-order chi connectivity index (χ1) is 6.65. The molecule has 0 unspecified atom stereocenters. The van der Waals surface area contributed by atoms with Crippen LogP contribution in [-0.4, -0.2) is 20.2 Å². The van der Waals surface area contributed by atoms with Crippen molar-refractivity contribution < 1.29 is 8.78 Å². The maximum absolute atomic E-state index is 12.7. The molecule has 0 spiro atoms. The van der Waals surface area contributed by atoms with E-state index in [0.29, 0.717) is 0 Å². The SMILES string of the molecule is Nc1n[nH]c(-c2cc(F)nc(F)c2)n1. The summed E-state index contributed by atoms with van der Waals surface area (Å²) in [5.41, 5.74) is 5.44. The van der Waals surface area contributed by atoms with E-state index in [0.717, 1.165) is 12.1 Å². The number of halogens is 2. The van der Waals surface area contributed by atoms with Crippen molar-refractivity contribution in [2.24, 2.45) is 0 Å². The minimum Gasteiger partial charge on any atom is -0.366 e. The van der Waals surface area contributed by atoms with Gasteiger partial charge in [0.25, 0.3) is 0 Å². The highest BCUT2D eigenvalue weighted by Gasteiger charge is 2.07. The molecule has 0 saturated heterocycles. The summed E-state index contributed by atoms with van der Waals surface area (Å²) in [6.45, 7) is 0. The van der Waals surface area contributed by atoms with E-state index in [2.05, 4.69) is 20.2 Å². The Kier molecular flexibility index (Phi) is 1.84. The normalized spacial score (nSPS) is 10.4. The molecule has 0 atom stereocenters. The van der Waals surface area contributed by atoms with Crippen LogP contribution >= 0.6 is 0 Å². The third-order valence-corrected chi connectivity index (χ3v) is 1.54. The Labute approximate surface area is 77.0 Å². The summed E-state index contributed by atoms with van der Waals surface area (Å²) in [5, 5.41) is 5.96. The molecule has 0 radical (unpaired) electrons. The van der Waals surface area contributed by atoms with Crippen molar-refractivity contribution in [3.63, 3.8) is 0 Å². The first kappa shape index (κ1) is 8.54. The molecule has 2 rings (SSSR count). The predicted octanol–water partition coefficient (Wildman–Crippen LogP) is 0.727. The van der Waals surface area contributed by atoms with Crippen LogP contribution in [0.4, 0.5) is 14.7 Å². The minimum absolute atomic E-state index is 0.0117. The molecule has 14 heavy (non-hydrogen) atoms. The Morgan fingerprint density at radius 2 is 1.79 bits per heavy atom. The van der Waals surface area contributed by atoms with E-state index in [1.54, 1.807) is 0 Å². The summed E-state index contributed by atoms with van der Waals surface area (Å²) < 4.78 is 25.4. The van der Waals surface area contributed by atoms with Gasteiger partial charge in [-0.05, 0) is 0 Å². The van der Waals surface area contributed by atoms with E-state index in [1.807, 2.05) is 0 Å². The summed E-state index contributed by atoms with van der Waals surface area (Å²) in [6.07, 6.45) is 0. The lowest BCUT2D eigenvalue weighted by Crippen LogP contribution is -1.91. The minimum atomic E-state index is -0.921. The lowest BCUT2D eigenvalue weighted by atomic mass is 10.2. The zero-order valence-electron chi connectivity index (χ0n) is 6.83. The molecule has 0 aromatic carbocycles. The molecule has 0 saturated carbocycles. The molecule has 0 fully saturated rings. The molecular formula is C7H5F2N5. The number of hydrogen-bond acceptors (Lipinski definition) is 4. The van der Waals surface area contributed by atoms with Crippen LogP contribution in [0.2, 0.25) is 0 Å². The first-order valence-electron chi connectivity index (χ1n) is 3.66. The first-order valence-corrected chi connectivity index (χ1v) is 3.66. The van der Waals surface area contributed by atoms with Crippen molar-refractivity contribution in [1.82, 2.24) is 20.2 Å². The van der Waals surface area contributed by atoms with Gasteiger partial charge in [0.2, 0.25) is 17.8 Å². The number of anilines is 1. The van der Waals surface area contributed by atoms with E-state index in [9.17, 15) is 8.78 Å². The van der Waals surface area contributed by atoms with Crippen molar-refractivity contribution in [2.45, 2.75) is 0 Å². The van der Waals surface area contributed by atoms with E-state index >= 15 is 0 Å². The highest BCUT2D eigenvalue weighted by atomic mass is 19.1. The number of rotatable bonds is 1. The fraction of sp³-hybridized carbons (Fsp3) is 0. The van der Waals surface area contributed by atoms with Gasteiger partial charge in [-0.15, -0.1) is 5.10 Å². The topological polar surface area (TPSA) is 80.5 Å². The van der Waals surface area contributed by atoms with E-state index in [1.165, 1.54) is 0 Å². The van der Waals surface area contributed by atoms with E-state index in [4.69, 9.17) is 5.73 Å². The van der Waals surface area contributed by atoms with Crippen molar-refractivity contribution in [3.8, 4) is 11.4 Å². The molecule has 0 aliphatic carbocycles. The zero-order valence-corrected chi connectivity index (χ0v) is 6.83. The van der Waals surface area contributed by atoms with E-state index in [-0.39, 0.29) is 17.3 Å². The number of H-pyrrole nitrogens is 1. The molecule has 0 bridgehead atoms. The third kappa shape index (κ3) is 1.51. The van der Waals surface area contributed by atoms with Gasteiger partial charge in [0.1, 0.15) is 0 Å². The van der Waals surface area contributed by atoms with Gasteiger partial charge in [-0.25, -0.2) is 0 Å². The predicted molar refractivity (Wildman–Crippen MR) is 43.9 cm³/mol. The summed E-state index contributed by atoms with van der Waals surface area (Å²) in [4.78, 5) is 6.65. The van der Waals surface area contributed by atoms with Gasteiger partial charge in [0.05, 0.1) is 0 Å². The molecule has 0 aliphatic heterocycles. The van der Waals surface area contributed by atoms with Crippen LogP contribution < -0.4 is 5.73 Å². The lowest BCUT2D eigenvalue weighted by molar-refractivity contribution is 0.513. The summed E-state index contributed by atoms with van der Waals surface area (Å²) in [7, 11) is 0. The number of nitrogens with one attached hydrogen (secondary N) is 1. The number of pyridine rings is 1. The Balaban J connectivity index is 2.51. The average Bonchev–Trinajstić information content (AvgIpc) is 2.50. The fourth-order valence-corrected chi connectivity index (χ4v) is 1.01. The second-order valence-corrected chi connectivity index (χ2v) is 2.54. The Morgan fingerprint density at radius 3 is 2.29 bits per heavy atom. The molecule has 3 N–H and O–H groups in total. The van der Waals surface area contributed by atoms with Crippen LogP contribution in [0, 0.1) is 11.9 Å². The molecule has 0 aliphatic rings. The van der Waals surface area contributed by atoms with Crippen molar-refractivity contribution in [3.05, 3.63) is 24.0 Å². The van der Waals surface area contributed by atoms with Gasteiger partial charge in [-0.1, -0.05) is 0 Å². The van der Waals surface area contributed by atoms with Crippen LogP contribution in [0.3, 0.4) is 0 Å². The Hall–Kier alpha value is -2.05. The lowest BCUT2D eigenvalue weighted by Gasteiger charge is -1.95. The van der Waals surface area contributed by atoms with Crippen LogP contribution in [-0.2, 0) is 0 Å². The average molecular weight is 197 g/mol. The number of aromatic nitrogens is 4. The van der Waals surface area contributed by atoms with Crippen LogP contribution in [0.25, 0.3) is 11.4 Å². The summed E-state index contributed by atoms with van der Waals surface area (Å²) in [6, 6.07) is 2.06. The standard InChI is InChI=1S/C7H5F2N5/c8-4-1-3(2-5(9)11-4)6-12-7(10)14-13-6/h1-2H,(H3,10,12,13,14). The number of hydrogen-bond donors (Lipinski definition) is 2. The van der Waals surface area contributed by atoms with Gasteiger partial charge >= 0.3 is 0 Å². The van der Waals surface area contributed by atoms with Gasteiger partial charge in [-0.2, -0.15) is 18.7 Å². The molecule has 2 heterocycles. The summed E-state index contributed by atoms with van der Waals surface area (Å²) in [5.74, 6) is -1.63. The highest BCUT2D eigenvalue weighted by molar-refractivity contribution is 5.54. The quantitative estimate of drug-likeness (QED) is 0.660. The third-order valence-electron chi connectivity index (χ3n) is 1.54. The number of aromatic amines is 1. The van der Waals surface area contributed by atoms with Crippen molar-refractivity contribution in [1.29, 1.82) is 0 Å². The molecule has 0 amide bonds. The highest BCUT2D eigenvalue weighted by Crippen LogP contribution is 2.16. The number of nitrogens with two attached hydrogens (primary N) is 1. The van der Waals surface area contributed by atoms with E-state index < -0.39 is 11.9 Å². The Bertz CT molecular complexity index is 447. The van der Waals surface area contributed by atoms with Crippen LogP contribution in [0.15, 0.2) is 12.1 Å². The molecule has 5 nitrogen and oxygen atoms in total. The number of nitrogen functional groups attached to an aromatic ring is 1. The maximum atomic E-state index is 12.7. The number of nitrogens with zero attached hydrogens (tertiary/aromatic N) is 3. The van der Waals surface area contributed by atoms with Gasteiger partial charge in [0.15, 0.2) is 5.82 Å². The second kappa shape index (κ2) is 3.02. The monoisotopic (exact) mass is 197 g/mol. The molecule has 2 aromatic rings. The second-order valence-electron chi connectivity index (χ2n) is 2.54. The molecule has 7 heteroatoms. The maximum Gasteiger partial charge on any atom is 0.239 e. The Morgan fingerprint density at radius 1 is 1.14 bits per heavy atom. The summed E-state index contributed by atoms with van der Waals surface area (Å²) >= 11 is 0. The largest absolute Gasteiger partial charge is 0.366 e. The van der Waals surface area contributed by atoms with Crippen molar-refractivity contribution in [2.75, 3.05) is 5.73 Å². The molecular weight excluding hydrogens is 192 g/mol. The van der Waals surface area contributed by atoms with Crippen LogP contribution in [0.5, 0.6) is 0 Å².